The smallest absolute Gasteiger partial charge is 0.266 e. The van der Waals surface area contributed by atoms with Gasteiger partial charge < -0.3 is 14.6 Å². The minimum absolute atomic E-state index is 0.0111. The van der Waals surface area contributed by atoms with E-state index in [4.69, 9.17) is 4.42 Å². The Morgan fingerprint density at radius 3 is 2.71 bits per heavy atom. The third kappa shape index (κ3) is 3.79. The third-order valence-electron chi connectivity index (χ3n) is 3.80. The molecule has 1 fully saturated rings. The molecule has 3 rings (SSSR count). The molecule has 2 aromatic rings. The standard InChI is InChI=1S/C18H16IN3O2/c19-15-5-1-2-6-16(15)21-18(23)13(12-20)11-14-7-8-17(24-14)22-9-3-4-10-22/h1-2,5-8,11H,3-4,9-10H2,(H,21,23). The van der Waals surface area contributed by atoms with Gasteiger partial charge in [-0.25, -0.2) is 0 Å². The molecule has 0 atom stereocenters. The van der Waals surface area contributed by atoms with Crippen molar-refractivity contribution in [3.05, 3.63) is 51.3 Å². The van der Waals surface area contributed by atoms with Gasteiger partial charge in [-0.1, -0.05) is 12.1 Å². The van der Waals surface area contributed by atoms with Crippen LogP contribution >= 0.6 is 22.6 Å². The first-order chi connectivity index (χ1) is 11.7. The van der Waals surface area contributed by atoms with Crippen LogP contribution in [0.4, 0.5) is 11.6 Å². The number of hydrogen-bond acceptors (Lipinski definition) is 4. The van der Waals surface area contributed by atoms with E-state index in [1.54, 1.807) is 12.1 Å². The molecule has 1 aliphatic heterocycles. The number of halogens is 1. The van der Waals surface area contributed by atoms with Crippen molar-refractivity contribution in [1.29, 1.82) is 5.26 Å². The van der Waals surface area contributed by atoms with Crippen LogP contribution < -0.4 is 10.2 Å². The summed E-state index contributed by atoms with van der Waals surface area (Å²) in [6.07, 6.45) is 3.80. The number of rotatable bonds is 4. The quantitative estimate of drug-likeness (QED) is 0.449. The van der Waals surface area contributed by atoms with Crippen molar-refractivity contribution in [2.45, 2.75) is 12.8 Å². The van der Waals surface area contributed by atoms with Crippen molar-refractivity contribution in [2.75, 3.05) is 23.3 Å². The average molecular weight is 433 g/mol. The van der Waals surface area contributed by atoms with E-state index >= 15 is 0 Å². The molecule has 0 aliphatic carbocycles. The summed E-state index contributed by atoms with van der Waals surface area (Å²) in [5, 5.41) is 12.0. The highest BCUT2D eigenvalue weighted by molar-refractivity contribution is 14.1. The first-order valence-corrected chi connectivity index (χ1v) is 8.78. The second-order valence-corrected chi connectivity index (χ2v) is 6.64. The molecule has 1 aromatic heterocycles. The molecule has 1 aliphatic rings. The van der Waals surface area contributed by atoms with Crippen LogP contribution in [-0.4, -0.2) is 19.0 Å². The van der Waals surface area contributed by atoms with Crippen LogP contribution in [0, 0.1) is 14.9 Å². The van der Waals surface area contributed by atoms with Crippen molar-refractivity contribution >= 4 is 46.1 Å². The first-order valence-electron chi connectivity index (χ1n) is 7.70. The van der Waals surface area contributed by atoms with Crippen LogP contribution in [0.1, 0.15) is 18.6 Å². The number of amides is 1. The van der Waals surface area contributed by atoms with Gasteiger partial charge in [0.2, 0.25) is 0 Å². The highest BCUT2D eigenvalue weighted by Gasteiger charge is 2.16. The Labute approximate surface area is 154 Å². The number of para-hydroxylation sites is 1. The molecule has 1 aromatic carbocycles. The molecule has 1 amide bonds. The summed E-state index contributed by atoms with van der Waals surface area (Å²) >= 11 is 2.14. The first kappa shape index (κ1) is 16.6. The molecule has 1 saturated heterocycles. The molecule has 0 bridgehead atoms. The fourth-order valence-electron chi connectivity index (χ4n) is 2.57. The summed E-state index contributed by atoms with van der Waals surface area (Å²) in [4.78, 5) is 14.5. The van der Waals surface area contributed by atoms with Gasteiger partial charge in [-0.3, -0.25) is 4.79 Å². The van der Waals surface area contributed by atoms with E-state index in [0.29, 0.717) is 11.4 Å². The lowest BCUT2D eigenvalue weighted by atomic mass is 10.2. The number of nitrogens with zero attached hydrogens (tertiary/aromatic N) is 2. The summed E-state index contributed by atoms with van der Waals surface area (Å²) < 4.78 is 6.65. The molecular formula is C18H16IN3O2. The van der Waals surface area contributed by atoms with Crippen molar-refractivity contribution in [1.82, 2.24) is 0 Å². The van der Waals surface area contributed by atoms with Crippen LogP contribution in [-0.2, 0) is 4.79 Å². The number of carbonyl (C=O) groups excluding carboxylic acids is 1. The predicted octanol–water partition coefficient (Wildman–Crippen LogP) is 4.03. The zero-order chi connectivity index (χ0) is 16.9. The molecule has 0 radical (unpaired) electrons. The van der Waals surface area contributed by atoms with E-state index in [-0.39, 0.29) is 5.57 Å². The Morgan fingerprint density at radius 2 is 2.00 bits per heavy atom. The number of benzene rings is 1. The van der Waals surface area contributed by atoms with Gasteiger partial charge in [0.15, 0.2) is 5.88 Å². The van der Waals surface area contributed by atoms with Crippen LogP contribution in [0.2, 0.25) is 0 Å². The summed E-state index contributed by atoms with van der Waals surface area (Å²) in [6, 6.07) is 13.0. The van der Waals surface area contributed by atoms with Gasteiger partial charge in [0.1, 0.15) is 17.4 Å². The van der Waals surface area contributed by atoms with Crippen LogP contribution in [0.15, 0.2) is 46.4 Å². The monoisotopic (exact) mass is 433 g/mol. The average Bonchev–Trinajstić information content (AvgIpc) is 3.25. The van der Waals surface area contributed by atoms with E-state index < -0.39 is 5.91 Å². The van der Waals surface area contributed by atoms with E-state index in [1.807, 2.05) is 30.3 Å². The number of furan rings is 1. The molecule has 122 valence electrons. The SMILES string of the molecule is N#CC(=Cc1ccc(N2CCCC2)o1)C(=O)Nc1ccccc1I. The Kier molecular flexibility index (Phi) is 5.20. The van der Waals surface area contributed by atoms with Crippen molar-refractivity contribution in [3.63, 3.8) is 0 Å². The van der Waals surface area contributed by atoms with Crippen LogP contribution in [0.25, 0.3) is 6.08 Å². The number of nitriles is 1. The van der Waals surface area contributed by atoms with E-state index in [9.17, 15) is 10.1 Å². The third-order valence-corrected chi connectivity index (χ3v) is 4.74. The molecule has 0 unspecified atom stereocenters. The van der Waals surface area contributed by atoms with Gasteiger partial charge in [-0.2, -0.15) is 5.26 Å². The minimum Gasteiger partial charge on any atom is -0.441 e. The molecule has 6 heteroatoms. The Bertz CT molecular complexity index is 814. The zero-order valence-electron chi connectivity index (χ0n) is 13.0. The normalized spacial score (nSPS) is 14.5. The minimum atomic E-state index is -0.444. The number of carbonyl (C=O) groups is 1. The topological polar surface area (TPSA) is 69.3 Å². The van der Waals surface area contributed by atoms with E-state index in [1.165, 1.54) is 6.08 Å². The summed E-state index contributed by atoms with van der Waals surface area (Å²) in [7, 11) is 0. The largest absolute Gasteiger partial charge is 0.441 e. The van der Waals surface area contributed by atoms with Crippen molar-refractivity contribution in [2.24, 2.45) is 0 Å². The van der Waals surface area contributed by atoms with E-state index in [2.05, 4.69) is 32.8 Å². The van der Waals surface area contributed by atoms with Crippen molar-refractivity contribution < 1.29 is 9.21 Å². The maximum Gasteiger partial charge on any atom is 0.266 e. The fraction of sp³-hybridized carbons (Fsp3) is 0.222. The van der Waals surface area contributed by atoms with Gasteiger partial charge >= 0.3 is 0 Å². The lowest BCUT2D eigenvalue weighted by Gasteiger charge is -2.12. The Balaban J connectivity index is 1.75. The molecule has 0 saturated carbocycles. The van der Waals surface area contributed by atoms with Gasteiger partial charge in [0, 0.05) is 28.8 Å². The summed E-state index contributed by atoms with van der Waals surface area (Å²) in [5.74, 6) is 0.848. The van der Waals surface area contributed by atoms with Crippen molar-refractivity contribution in [3.8, 4) is 6.07 Å². The second-order valence-electron chi connectivity index (χ2n) is 5.47. The van der Waals surface area contributed by atoms with Crippen LogP contribution in [0.5, 0.6) is 0 Å². The summed E-state index contributed by atoms with van der Waals surface area (Å²) in [6.45, 7) is 1.96. The van der Waals surface area contributed by atoms with Crippen LogP contribution in [0.3, 0.4) is 0 Å². The summed E-state index contributed by atoms with van der Waals surface area (Å²) in [5.41, 5.74) is 0.693. The lowest BCUT2D eigenvalue weighted by molar-refractivity contribution is -0.112. The molecule has 24 heavy (non-hydrogen) atoms. The van der Waals surface area contributed by atoms with Gasteiger partial charge in [0.25, 0.3) is 5.91 Å². The Morgan fingerprint density at radius 1 is 1.25 bits per heavy atom. The van der Waals surface area contributed by atoms with Gasteiger partial charge in [-0.15, -0.1) is 0 Å². The number of anilines is 2. The number of nitrogens with one attached hydrogen (secondary N) is 1. The molecule has 0 spiro atoms. The van der Waals surface area contributed by atoms with Gasteiger partial charge in [0.05, 0.1) is 5.69 Å². The van der Waals surface area contributed by atoms with Gasteiger partial charge in [-0.05, 0) is 53.6 Å². The zero-order valence-corrected chi connectivity index (χ0v) is 15.1. The highest BCUT2D eigenvalue weighted by Crippen LogP contribution is 2.24. The highest BCUT2D eigenvalue weighted by atomic mass is 127. The maximum atomic E-state index is 12.3. The molecule has 2 heterocycles. The molecule has 5 nitrogen and oxygen atoms in total. The lowest BCUT2D eigenvalue weighted by Crippen LogP contribution is -2.16. The number of hydrogen-bond donors (Lipinski definition) is 1. The second kappa shape index (κ2) is 7.53. The molecule has 1 N–H and O–H groups in total. The van der Waals surface area contributed by atoms with E-state index in [0.717, 1.165) is 35.4 Å². The fourth-order valence-corrected chi connectivity index (χ4v) is 3.09. The maximum absolute atomic E-state index is 12.3. The molecular weight excluding hydrogens is 417 g/mol. The Hall–Kier alpha value is -2.27. The predicted molar refractivity (Wildman–Crippen MR) is 102 cm³/mol.